The zero-order chi connectivity index (χ0) is 13.8. The Morgan fingerprint density at radius 3 is 2.50 bits per heavy atom. The molecular weight excluding hydrogens is 254 g/mol. The van der Waals surface area contributed by atoms with Crippen LogP contribution in [-0.4, -0.2) is 46.3 Å². The SMILES string of the molecule is CCC(C)(CCO)Nc1nc(Cl)nc(N(C)C)n1. The molecule has 1 unspecified atom stereocenters. The van der Waals surface area contributed by atoms with Gasteiger partial charge in [0.2, 0.25) is 17.2 Å². The van der Waals surface area contributed by atoms with Crippen LogP contribution in [0, 0.1) is 0 Å². The minimum absolute atomic E-state index is 0.108. The Morgan fingerprint density at radius 2 is 2.00 bits per heavy atom. The van der Waals surface area contributed by atoms with Crippen molar-refractivity contribution < 1.29 is 5.11 Å². The average molecular weight is 274 g/mol. The van der Waals surface area contributed by atoms with E-state index < -0.39 is 0 Å². The number of halogens is 1. The first-order valence-corrected chi connectivity index (χ1v) is 6.26. The molecule has 7 heteroatoms. The van der Waals surface area contributed by atoms with Crippen LogP contribution in [0.1, 0.15) is 26.7 Å². The fraction of sp³-hybridized carbons (Fsp3) is 0.727. The third-order valence-electron chi connectivity index (χ3n) is 2.85. The van der Waals surface area contributed by atoms with Gasteiger partial charge in [-0.25, -0.2) is 0 Å². The van der Waals surface area contributed by atoms with Gasteiger partial charge in [0.1, 0.15) is 0 Å². The first kappa shape index (κ1) is 14.9. The van der Waals surface area contributed by atoms with Crippen LogP contribution in [0.4, 0.5) is 11.9 Å². The predicted octanol–water partition coefficient (Wildman–Crippen LogP) is 1.55. The second-order valence-corrected chi connectivity index (χ2v) is 4.97. The molecule has 0 bridgehead atoms. The maximum absolute atomic E-state index is 9.08. The Morgan fingerprint density at radius 1 is 1.33 bits per heavy atom. The van der Waals surface area contributed by atoms with Gasteiger partial charge in [0.15, 0.2) is 0 Å². The van der Waals surface area contributed by atoms with E-state index in [4.69, 9.17) is 16.7 Å². The standard InChI is InChI=1S/C11H20ClN5O/c1-5-11(2,6-7-18)16-9-13-8(12)14-10(15-9)17(3)4/h18H,5-7H2,1-4H3,(H,13,14,15,16). The fourth-order valence-electron chi connectivity index (χ4n) is 1.44. The molecule has 0 aliphatic heterocycles. The molecule has 0 saturated heterocycles. The summed E-state index contributed by atoms with van der Waals surface area (Å²) >= 11 is 5.86. The number of hydrogen-bond acceptors (Lipinski definition) is 6. The summed E-state index contributed by atoms with van der Waals surface area (Å²) in [4.78, 5) is 14.1. The molecule has 0 spiro atoms. The summed E-state index contributed by atoms with van der Waals surface area (Å²) in [6, 6.07) is 0. The van der Waals surface area contributed by atoms with E-state index >= 15 is 0 Å². The van der Waals surface area contributed by atoms with E-state index in [1.165, 1.54) is 0 Å². The van der Waals surface area contributed by atoms with Crippen molar-refractivity contribution in [2.75, 3.05) is 30.9 Å². The molecule has 0 aliphatic rings. The van der Waals surface area contributed by atoms with E-state index in [9.17, 15) is 0 Å². The van der Waals surface area contributed by atoms with Gasteiger partial charge in [-0.05, 0) is 31.4 Å². The third kappa shape index (κ3) is 3.96. The summed E-state index contributed by atoms with van der Waals surface area (Å²) in [5.41, 5.74) is -0.261. The molecule has 1 atom stereocenters. The molecule has 0 amide bonds. The van der Waals surface area contributed by atoms with E-state index in [0.29, 0.717) is 18.3 Å². The number of nitrogens with one attached hydrogen (secondary N) is 1. The normalized spacial score (nSPS) is 14.1. The average Bonchev–Trinajstić information content (AvgIpc) is 2.28. The monoisotopic (exact) mass is 273 g/mol. The quantitative estimate of drug-likeness (QED) is 0.819. The summed E-state index contributed by atoms with van der Waals surface area (Å²) in [5, 5.41) is 12.4. The molecule has 2 N–H and O–H groups in total. The van der Waals surface area contributed by atoms with Crippen molar-refractivity contribution in [1.82, 2.24) is 15.0 Å². The molecule has 1 rings (SSSR count). The molecule has 0 aromatic carbocycles. The largest absolute Gasteiger partial charge is 0.396 e. The summed E-state index contributed by atoms with van der Waals surface area (Å²) < 4.78 is 0. The molecule has 6 nitrogen and oxygen atoms in total. The van der Waals surface area contributed by atoms with Crippen molar-refractivity contribution in [1.29, 1.82) is 0 Å². The highest BCUT2D eigenvalue weighted by molar-refractivity contribution is 6.28. The molecule has 0 radical (unpaired) electrons. The van der Waals surface area contributed by atoms with Gasteiger partial charge < -0.3 is 15.3 Å². The lowest BCUT2D eigenvalue weighted by atomic mass is 9.95. The van der Waals surface area contributed by atoms with Gasteiger partial charge in [0.05, 0.1) is 0 Å². The maximum atomic E-state index is 9.08. The smallest absolute Gasteiger partial charge is 0.230 e. The van der Waals surface area contributed by atoms with Crippen LogP contribution < -0.4 is 10.2 Å². The summed E-state index contributed by atoms with van der Waals surface area (Å²) in [6.45, 7) is 4.16. The van der Waals surface area contributed by atoms with E-state index in [-0.39, 0.29) is 17.4 Å². The van der Waals surface area contributed by atoms with Crippen LogP contribution in [-0.2, 0) is 0 Å². The number of hydrogen-bond donors (Lipinski definition) is 2. The van der Waals surface area contributed by atoms with E-state index in [1.54, 1.807) is 4.90 Å². The van der Waals surface area contributed by atoms with Gasteiger partial charge >= 0.3 is 0 Å². The molecule has 18 heavy (non-hydrogen) atoms. The van der Waals surface area contributed by atoms with Crippen LogP contribution >= 0.6 is 11.6 Å². The molecule has 0 fully saturated rings. The van der Waals surface area contributed by atoms with Crippen molar-refractivity contribution in [2.24, 2.45) is 0 Å². The van der Waals surface area contributed by atoms with E-state index in [0.717, 1.165) is 6.42 Å². The van der Waals surface area contributed by atoms with Gasteiger partial charge in [-0.3, -0.25) is 0 Å². The van der Waals surface area contributed by atoms with Gasteiger partial charge in [0.25, 0.3) is 0 Å². The van der Waals surface area contributed by atoms with Gasteiger partial charge in [-0.1, -0.05) is 6.92 Å². The Bertz CT molecular complexity index is 401. The molecule has 1 aromatic heterocycles. The number of aliphatic hydroxyl groups is 1. The van der Waals surface area contributed by atoms with Gasteiger partial charge in [-0.2, -0.15) is 15.0 Å². The summed E-state index contributed by atoms with van der Waals surface area (Å²) in [6.07, 6.45) is 1.46. The Labute approximate surface area is 112 Å². The number of aromatic nitrogens is 3. The van der Waals surface area contributed by atoms with Crippen LogP contribution in [0.3, 0.4) is 0 Å². The van der Waals surface area contributed by atoms with E-state index in [2.05, 4.69) is 20.3 Å². The number of rotatable bonds is 6. The van der Waals surface area contributed by atoms with Crippen LogP contribution in [0.25, 0.3) is 0 Å². The van der Waals surface area contributed by atoms with Crippen molar-refractivity contribution >= 4 is 23.5 Å². The second-order valence-electron chi connectivity index (χ2n) is 4.64. The third-order valence-corrected chi connectivity index (χ3v) is 3.02. The Hall–Kier alpha value is -1.14. The molecule has 102 valence electrons. The van der Waals surface area contributed by atoms with Crippen LogP contribution in [0.5, 0.6) is 0 Å². The molecular formula is C11H20ClN5O. The molecule has 0 saturated carbocycles. The molecule has 0 aliphatic carbocycles. The highest BCUT2D eigenvalue weighted by Gasteiger charge is 2.23. The maximum Gasteiger partial charge on any atom is 0.230 e. The van der Waals surface area contributed by atoms with Crippen molar-refractivity contribution in [2.45, 2.75) is 32.2 Å². The number of aliphatic hydroxyl groups excluding tert-OH is 1. The Kier molecular flexibility index (Phi) is 5.10. The minimum Gasteiger partial charge on any atom is -0.396 e. The second kappa shape index (κ2) is 6.15. The first-order chi connectivity index (χ1) is 8.40. The predicted molar refractivity (Wildman–Crippen MR) is 73.2 cm³/mol. The highest BCUT2D eigenvalue weighted by Crippen LogP contribution is 2.21. The van der Waals surface area contributed by atoms with Gasteiger partial charge in [-0.15, -0.1) is 0 Å². The number of anilines is 2. The van der Waals surface area contributed by atoms with Crippen molar-refractivity contribution in [3.05, 3.63) is 5.28 Å². The zero-order valence-electron chi connectivity index (χ0n) is 11.2. The molecule has 1 aromatic rings. The lowest BCUT2D eigenvalue weighted by Crippen LogP contribution is -2.36. The minimum atomic E-state index is -0.261. The lowest BCUT2D eigenvalue weighted by Gasteiger charge is -2.29. The van der Waals surface area contributed by atoms with Crippen LogP contribution in [0.15, 0.2) is 0 Å². The lowest BCUT2D eigenvalue weighted by molar-refractivity contribution is 0.251. The topological polar surface area (TPSA) is 74.2 Å². The fourth-order valence-corrected chi connectivity index (χ4v) is 1.60. The number of nitrogens with zero attached hydrogens (tertiary/aromatic N) is 4. The van der Waals surface area contributed by atoms with E-state index in [1.807, 2.05) is 27.9 Å². The zero-order valence-corrected chi connectivity index (χ0v) is 12.0. The first-order valence-electron chi connectivity index (χ1n) is 5.88. The molecule has 1 heterocycles. The highest BCUT2D eigenvalue weighted by atomic mass is 35.5. The Balaban J connectivity index is 2.96. The summed E-state index contributed by atoms with van der Waals surface area (Å²) in [5.74, 6) is 0.927. The van der Waals surface area contributed by atoms with Gasteiger partial charge in [0, 0.05) is 26.2 Å². The van der Waals surface area contributed by atoms with Crippen molar-refractivity contribution in [3.63, 3.8) is 0 Å². The van der Waals surface area contributed by atoms with Crippen LogP contribution in [0.2, 0.25) is 5.28 Å². The van der Waals surface area contributed by atoms with Crippen molar-refractivity contribution in [3.8, 4) is 0 Å². The summed E-state index contributed by atoms with van der Waals surface area (Å²) in [7, 11) is 3.67.